The highest BCUT2D eigenvalue weighted by Gasteiger charge is 2.03. The van der Waals surface area contributed by atoms with E-state index < -0.39 is 0 Å². The van der Waals surface area contributed by atoms with Crippen molar-refractivity contribution >= 4 is 17.8 Å². The molecule has 0 fully saturated rings. The molecular formula is C16H16FN3O. The Morgan fingerprint density at radius 3 is 2.29 bits per heavy atom. The van der Waals surface area contributed by atoms with E-state index in [1.807, 2.05) is 43.3 Å². The summed E-state index contributed by atoms with van der Waals surface area (Å²) in [6, 6.07) is 13.0. The van der Waals surface area contributed by atoms with Gasteiger partial charge >= 0.3 is 0 Å². The summed E-state index contributed by atoms with van der Waals surface area (Å²) in [6.07, 6.45) is 1.56. The predicted octanol–water partition coefficient (Wildman–Crippen LogP) is 2.66. The zero-order valence-corrected chi connectivity index (χ0v) is 11.9. The van der Waals surface area contributed by atoms with Gasteiger partial charge in [-0.2, -0.15) is 5.10 Å². The highest BCUT2D eigenvalue weighted by Crippen LogP contribution is 2.10. The Labute approximate surface area is 122 Å². The van der Waals surface area contributed by atoms with E-state index in [1.54, 1.807) is 6.21 Å². The van der Waals surface area contributed by atoms with E-state index in [1.165, 1.54) is 24.3 Å². The highest BCUT2D eigenvalue weighted by molar-refractivity contribution is 5.94. The summed E-state index contributed by atoms with van der Waals surface area (Å²) in [7, 11) is 3.93. The average molecular weight is 285 g/mol. The summed E-state index contributed by atoms with van der Waals surface area (Å²) in [5.41, 5.74) is 4.72. The van der Waals surface area contributed by atoms with Crippen LogP contribution in [0.2, 0.25) is 0 Å². The molecular weight excluding hydrogens is 269 g/mol. The third kappa shape index (κ3) is 4.14. The van der Waals surface area contributed by atoms with Crippen molar-refractivity contribution in [3.8, 4) is 0 Å². The monoisotopic (exact) mass is 285 g/mol. The minimum Gasteiger partial charge on any atom is -0.378 e. The molecule has 0 atom stereocenters. The lowest BCUT2D eigenvalue weighted by Gasteiger charge is -2.11. The van der Waals surface area contributed by atoms with Crippen LogP contribution in [0.3, 0.4) is 0 Å². The van der Waals surface area contributed by atoms with Crippen molar-refractivity contribution in [1.29, 1.82) is 0 Å². The number of hydrazone groups is 1. The van der Waals surface area contributed by atoms with Gasteiger partial charge < -0.3 is 4.90 Å². The third-order valence-electron chi connectivity index (χ3n) is 2.90. The largest absolute Gasteiger partial charge is 0.378 e. The maximum Gasteiger partial charge on any atom is 0.271 e. The molecule has 0 aliphatic rings. The van der Waals surface area contributed by atoms with Crippen LogP contribution in [0.1, 0.15) is 15.9 Å². The van der Waals surface area contributed by atoms with Crippen molar-refractivity contribution in [2.75, 3.05) is 19.0 Å². The van der Waals surface area contributed by atoms with Gasteiger partial charge in [0.2, 0.25) is 0 Å². The molecule has 0 unspecified atom stereocenters. The van der Waals surface area contributed by atoms with Gasteiger partial charge in [-0.25, -0.2) is 9.82 Å². The topological polar surface area (TPSA) is 44.7 Å². The van der Waals surface area contributed by atoms with Crippen molar-refractivity contribution in [2.45, 2.75) is 0 Å². The van der Waals surface area contributed by atoms with Crippen LogP contribution in [0.25, 0.3) is 0 Å². The van der Waals surface area contributed by atoms with Gasteiger partial charge in [-0.1, -0.05) is 12.1 Å². The first kappa shape index (κ1) is 14.7. The zero-order valence-electron chi connectivity index (χ0n) is 11.9. The van der Waals surface area contributed by atoms with E-state index in [9.17, 15) is 9.18 Å². The summed E-state index contributed by atoms with van der Waals surface area (Å²) < 4.78 is 12.7. The second kappa shape index (κ2) is 6.65. The van der Waals surface area contributed by atoms with Crippen LogP contribution in [0, 0.1) is 5.82 Å². The number of hydrogen-bond acceptors (Lipinski definition) is 3. The van der Waals surface area contributed by atoms with Gasteiger partial charge in [0.15, 0.2) is 0 Å². The first-order valence-electron chi connectivity index (χ1n) is 6.42. The molecule has 0 bridgehead atoms. The second-order valence-corrected chi connectivity index (χ2v) is 4.69. The Morgan fingerprint density at radius 2 is 1.71 bits per heavy atom. The molecule has 0 aliphatic heterocycles. The van der Waals surface area contributed by atoms with Crippen molar-refractivity contribution in [1.82, 2.24) is 5.43 Å². The summed E-state index contributed by atoms with van der Waals surface area (Å²) in [4.78, 5) is 13.7. The molecule has 0 radical (unpaired) electrons. The lowest BCUT2D eigenvalue weighted by molar-refractivity contribution is 0.0955. The number of amides is 1. The molecule has 0 saturated heterocycles. The first-order valence-corrected chi connectivity index (χ1v) is 6.42. The number of carbonyl (C=O) groups is 1. The molecule has 2 rings (SSSR count). The van der Waals surface area contributed by atoms with Crippen LogP contribution >= 0.6 is 0 Å². The Hall–Kier alpha value is -2.69. The van der Waals surface area contributed by atoms with Crippen molar-refractivity contribution < 1.29 is 9.18 Å². The molecule has 0 aliphatic carbocycles. The normalized spacial score (nSPS) is 10.6. The molecule has 2 aromatic rings. The standard InChI is InChI=1S/C16H16FN3O/c1-20(2)15-9-3-12(4-10-15)11-18-19-16(21)13-5-7-14(17)8-6-13/h3-11H,1-2H3,(H,19,21)/b18-11-. The first-order chi connectivity index (χ1) is 10.1. The number of nitrogens with zero attached hydrogens (tertiary/aromatic N) is 2. The fourth-order valence-electron chi connectivity index (χ4n) is 1.69. The van der Waals surface area contributed by atoms with E-state index in [2.05, 4.69) is 10.5 Å². The molecule has 21 heavy (non-hydrogen) atoms. The number of carbonyl (C=O) groups excluding carboxylic acids is 1. The lowest BCUT2D eigenvalue weighted by atomic mass is 10.2. The molecule has 1 amide bonds. The lowest BCUT2D eigenvalue weighted by Crippen LogP contribution is -2.17. The van der Waals surface area contributed by atoms with E-state index in [0.717, 1.165) is 11.3 Å². The fraction of sp³-hybridized carbons (Fsp3) is 0.125. The summed E-state index contributed by atoms with van der Waals surface area (Å²) >= 11 is 0. The van der Waals surface area contributed by atoms with Crippen LogP contribution in [0.5, 0.6) is 0 Å². The van der Waals surface area contributed by atoms with Gasteiger partial charge in [-0.3, -0.25) is 4.79 Å². The van der Waals surface area contributed by atoms with Gasteiger partial charge in [0, 0.05) is 25.3 Å². The van der Waals surface area contributed by atoms with Crippen molar-refractivity contribution in [2.24, 2.45) is 5.10 Å². The van der Waals surface area contributed by atoms with Crippen LogP contribution in [-0.4, -0.2) is 26.2 Å². The smallest absolute Gasteiger partial charge is 0.271 e. The Balaban J connectivity index is 1.95. The van der Waals surface area contributed by atoms with Crippen LogP contribution in [-0.2, 0) is 0 Å². The van der Waals surface area contributed by atoms with E-state index in [-0.39, 0.29) is 11.7 Å². The molecule has 1 N–H and O–H groups in total. The fourth-order valence-corrected chi connectivity index (χ4v) is 1.69. The van der Waals surface area contributed by atoms with E-state index in [4.69, 9.17) is 0 Å². The second-order valence-electron chi connectivity index (χ2n) is 4.69. The molecule has 4 nitrogen and oxygen atoms in total. The predicted molar refractivity (Wildman–Crippen MR) is 82.2 cm³/mol. The average Bonchev–Trinajstić information content (AvgIpc) is 2.48. The number of benzene rings is 2. The van der Waals surface area contributed by atoms with Gasteiger partial charge in [-0.15, -0.1) is 0 Å². The Bertz CT molecular complexity index is 634. The van der Waals surface area contributed by atoms with E-state index >= 15 is 0 Å². The maximum absolute atomic E-state index is 12.7. The molecule has 0 saturated carbocycles. The maximum atomic E-state index is 12.7. The molecule has 0 heterocycles. The molecule has 0 aromatic heterocycles. The summed E-state index contributed by atoms with van der Waals surface area (Å²) in [5, 5.41) is 3.88. The minimum absolute atomic E-state index is 0.358. The van der Waals surface area contributed by atoms with Crippen molar-refractivity contribution in [3.05, 3.63) is 65.5 Å². The SMILES string of the molecule is CN(C)c1ccc(/C=N\NC(=O)c2ccc(F)cc2)cc1. The summed E-state index contributed by atoms with van der Waals surface area (Å²) in [6.45, 7) is 0. The Morgan fingerprint density at radius 1 is 1.10 bits per heavy atom. The van der Waals surface area contributed by atoms with Gasteiger partial charge in [-0.05, 0) is 42.0 Å². The third-order valence-corrected chi connectivity index (χ3v) is 2.90. The molecule has 5 heteroatoms. The van der Waals surface area contributed by atoms with Crippen LogP contribution in [0.15, 0.2) is 53.6 Å². The number of hydrogen-bond donors (Lipinski definition) is 1. The molecule has 108 valence electrons. The van der Waals surface area contributed by atoms with Crippen molar-refractivity contribution in [3.63, 3.8) is 0 Å². The number of rotatable bonds is 4. The minimum atomic E-state index is -0.379. The number of anilines is 1. The van der Waals surface area contributed by atoms with Crippen LogP contribution in [0.4, 0.5) is 10.1 Å². The van der Waals surface area contributed by atoms with Gasteiger partial charge in [0.05, 0.1) is 6.21 Å². The Kier molecular flexibility index (Phi) is 4.66. The summed E-state index contributed by atoms with van der Waals surface area (Å²) in [5.74, 6) is -0.757. The number of nitrogens with one attached hydrogen (secondary N) is 1. The van der Waals surface area contributed by atoms with Crippen LogP contribution < -0.4 is 10.3 Å². The number of halogens is 1. The van der Waals surface area contributed by atoms with Gasteiger partial charge in [0.1, 0.15) is 5.82 Å². The highest BCUT2D eigenvalue weighted by atomic mass is 19.1. The van der Waals surface area contributed by atoms with Gasteiger partial charge in [0.25, 0.3) is 5.91 Å². The quantitative estimate of drug-likeness (QED) is 0.693. The van der Waals surface area contributed by atoms with E-state index in [0.29, 0.717) is 5.56 Å². The zero-order chi connectivity index (χ0) is 15.2. The molecule has 0 spiro atoms. The molecule has 2 aromatic carbocycles.